The molecule has 2 amide bonds. The van der Waals surface area contributed by atoms with Crippen LogP contribution in [0.1, 0.15) is 48.4 Å². The zero-order valence-electron chi connectivity index (χ0n) is 19.3. The molecule has 2 aromatic rings. The van der Waals surface area contributed by atoms with Gasteiger partial charge in [-0.05, 0) is 41.7 Å². The van der Waals surface area contributed by atoms with Gasteiger partial charge in [0, 0.05) is 56.8 Å². The minimum atomic E-state index is -0.230. The van der Waals surface area contributed by atoms with E-state index in [0.717, 1.165) is 81.8 Å². The van der Waals surface area contributed by atoms with Crippen molar-refractivity contribution in [3.63, 3.8) is 0 Å². The summed E-state index contributed by atoms with van der Waals surface area (Å²) in [4.78, 5) is 16.6. The molecule has 1 aliphatic carbocycles. The fourth-order valence-corrected chi connectivity index (χ4v) is 5.15. The summed E-state index contributed by atoms with van der Waals surface area (Å²) in [6, 6.07) is 13.6. The molecule has 1 atom stereocenters. The first-order valence-corrected chi connectivity index (χ1v) is 12.1. The number of halogens is 1. The highest BCUT2D eigenvalue weighted by atomic mass is 19.1. The predicted octanol–water partition coefficient (Wildman–Crippen LogP) is 4.51. The number of carbonyl (C=O) groups is 1. The second-order valence-electron chi connectivity index (χ2n) is 9.26. The first-order chi connectivity index (χ1) is 16.1. The molecule has 0 bridgehead atoms. The maximum atomic E-state index is 14.2. The van der Waals surface area contributed by atoms with Gasteiger partial charge < -0.3 is 15.0 Å². The zero-order chi connectivity index (χ0) is 22.8. The van der Waals surface area contributed by atoms with Gasteiger partial charge in [-0.1, -0.05) is 43.7 Å². The second kappa shape index (κ2) is 9.56. The van der Waals surface area contributed by atoms with Crippen molar-refractivity contribution in [2.24, 2.45) is 0 Å². The van der Waals surface area contributed by atoms with Gasteiger partial charge in [-0.2, -0.15) is 0 Å². The van der Waals surface area contributed by atoms with Gasteiger partial charge in [0.05, 0.1) is 0 Å². The SMILES string of the molecule is CCCCNC(=O)N1CCN(CC2CC3=C(O2)c2cc(F)ccc2Cc2ccccc23)CC1. The van der Waals surface area contributed by atoms with Crippen molar-refractivity contribution in [3.8, 4) is 0 Å². The number of piperazine rings is 1. The van der Waals surface area contributed by atoms with Gasteiger partial charge >= 0.3 is 6.03 Å². The van der Waals surface area contributed by atoms with Crippen molar-refractivity contribution >= 4 is 17.4 Å². The molecule has 3 aliphatic rings. The smallest absolute Gasteiger partial charge is 0.317 e. The molecule has 0 saturated carbocycles. The molecule has 1 saturated heterocycles. The van der Waals surface area contributed by atoms with Gasteiger partial charge in [0.15, 0.2) is 0 Å². The molecule has 1 N–H and O–H groups in total. The van der Waals surface area contributed by atoms with E-state index < -0.39 is 0 Å². The summed E-state index contributed by atoms with van der Waals surface area (Å²) in [6.07, 6.45) is 3.73. The molecule has 0 aromatic heterocycles. The van der Waals surface area contributed by atoms with Crippen molar-refractivity contribution < 1.29 is 13.9 Å². The third-order valence-corrected chi connectivity index (χ3v) is 6.96. The van der Waals surface area contributed by atoms with Gasteiger partial charge in [0.25, 0.3) is 0 Å². The molecule has 6 heteroatoms. The van der Waals surface area contributed by atoms with Crippen LogP contribution in [0.5, 0.6) is 0 Å². The number of amides is 2. The topological polar surface area (TPSA) is 44.8 Å². The molecule has 1 fully saturated rings. The van der Waals surface area contributed by atoms with Crippen LogP contribution in [0.3, 0.4) is 0 Å². The Morgan fingerprint density at radius 1 is 1.09 bits per heavy atom. The lowest BCUT2D eigenvalue weighted by atomic mass is 9.95. The van der Waals surface area contributed by atoms with E-state index in [1.807, 2.05) is 11.0 Å². The number of carbonyl (C=O) groups excluding carboxylic acids is 1. The summed E-state index contributed by atoms with van der Waals surface area (Å²) in [5, 5.41) is 3.01. The molecule has 5 nitrogen and oxygen atoms in total. The minimum absolute atomic E-state index is 0.0298. The third-order valence-electron chi connectivity index (χ3n) is 6.96. The fourth-order valence-electron chi connectivity index (χ4n) is 5.15. The number of rotatable bonds is 5. The number of hydrogen-bond acceptors (Lipinski definition) is 3. The summed E-state index contributed by atoms with van der Waals surface area (Å²) in [5.41, 5.74) is 5.67. The van der Waals surface area contributed by atoms with E-state index in [9.17, 15) is 9.18 Å². The van der Waals surface area contributed by atoms with Crippen molar-refractivity contribution in [1.82, 2.24) is 15.1 Å². The van der Waals surface area contributed by atoms with Crippen molar-refractivity contribution in [1.29, 1.82) is 0 Å². The van der Waals surface area contributed by atoms with Crippen molar-refractivity contribution in [3.05, 3.63) is 70.5 Å². The Labute approximate surface area is 195 Å². The highest BCUT2D eigenvalue weighted by Gasteiger charge is 2.34. The van der Waals surface area contributed by atoms with Crippen LogP contribution < -0.4 is 5.32 Å². The molecule has 174 valence electrons. The molecule has 2 heterocycles. The normalized spacial score (nSPS) is 19.9. The summed E-state index contributed by atoms with van der Waals surface area (Å²) in [7, 11) is 0. The highest BCUT2D eigenvalue weighted by Crippen LogP contribution is 2.44. The molecule has 0 radical (unpaired) electrons. The molecular formula is C27H32FN3O2. The maximum Gasteiger partial charge on any atom is 0.317 e. The van der Waals surface area contributed by atoms with Gasteiger partial charge in [0.1, 0.15) is 17.7 Å². The lowest BCUT2D eigenvalue weighted by Crippen LogP contribution is -2.53. The summed E-state index contributed by atoms with van der Waals surface area (Å²) in [5.74, 6) is 0.611. The Hall–Kier alpha value is -2.86. The standard InChI is InChI=1S/C27H32FN3O2/c1-2-3-10-29-27(32)31-13-11-30(12-14-31)18-22-17-25-23-7-5-4-6-19(23)15-20-8-9-21(28)16-24(20)26(25)33-22/h4-9,16,22H,2-3,10-15,17-18H2,1H3,(H,29,32). The van der Waals surface area contributed by atoms with Crippen LogP contribution in [-0.4, -0.2) is 61.2 Å². The number of hydrogen-bond donors (Lipinski definition) is 1. The average molecular weight is 450 g/mol. The van der Waals surface area contributed by atoms with Crippen LogP contribution in [0.2, 0.25) is 0 Å². The molecule has 0 spiro atoms. The number of benzene rings is 2. The first-order valence-electron chi connectivity index (χ1n) is 12.1. The Morgan fingerprint density at radius 3 is 2.70 bits per heavy atom. The number of nitrogens with one attached hydrogen (secondary N) is 1. The third kappa shape index (κ3) is 4.62. The van der Waals surface area contributed by atoms with Crippen molar-refractivity contribution in [2.75, 3.05) is 39.3 Å². The van der Waals surface area contributed by atoms with Crippen LogP contribution in [0, 0.1) is 5.82 Å². The average Bonchev–Trinajstić information content (AvgIpc) is 3.19. The maximum absolute atomic E-state index is 14.2. The van der Waals surface area contributed by atoms with Crippen LogP contribution in [0.15, 0.2) is 42.5 Å². The molecule has 33 heavy (non-hydrogen) atoms. The Morgan fingerprint density at radius 2 is 1.88 bits per heavy atom. The van der Waals surface area contributed by atoms with E-state index >= 15 is 0 Å². The second-order valence-corrected chi connectivity index (χ2v) is 9.26. The lowest BCUT2D eigenvalue weighted by molar-refractivity contribution is 0.0894. The largest absolute Gasteiger partial charge is 0.488 e. The van der Waals surface area contributed by atoms with Crippen molar-refractivity contribution in [2.45, 2.75) is 38.7 Å². The monoisotopic (exact) mass is 449 g/mol. The number of nitrogens with zero attached hydrogens (tertiary/aromatic N) is 2. The van der Waals surface area contributed by atoms with Crippen LogP contribution >= 0.6 is 0 Å². The van der Waals surface area contributed by atoms with E-state index in [2.05, 4.69) is 41.4 Å². The zero-order valence-corrected chi connectivity index (χ0v) is 19.3. The van der Waals surface area contributed by atoms with Crippen LogP contribution in [0.4, 0.5) is 9.18 Å². The van der Waals surface area contributed by atoms with E-state index in [1.54, 1.807) is 6.07 Å². The minimum Gasteiger partial charge on any atom is -0.488 e. The summed E-state index contributed by atoms with van der Waals surface area (Å²) >= 11 is 0. The summed E-state index contributed by atoms with van der Waals surface area (Å²) in [6.45, 7) is 6.82. The lowest BCUT2D eigenvalue weighted by Gasteiger charge is -2.35. The number of ether oxygens (including phenoxy) is 1. The number of urea groups is 1. The molecule has 5 rings (SSSR count). The van der Waals surface area contributed by atoms with Crippen LogP contribution in [0.25, 0.3) is 11.3 Å². The fraction of sp³-hybridized carbons (Fsp3) is 0.444. The Bertz CT molecular complexity index is 1060. The van der Waals surface area contributed by atoms with E-state index in [-0.39, 0.29) is 18.0 Å². The first kappa shape index (κ1) is 22.0. The van der Waals surface area contributed by atoms with E-state index in [4.69, 9.17) is 4.74 Å². The number of unbranched alkanes of at least 4 members (excludes halogenated alkanes) is 1. The van der Waals surface area contributed by atoms with Gasteiger partial charge in [-0.15, -0.1) is 0 Å². The van der Waals surface area contributed by atoms with E-state index in [0.29, 0.717) is 0 Å². The Balaban J connectivity index is 1.26. The highest BCUT2D eigenvalue weighted by molar-refractivity contribution is 5.93. The molecule has 2 aromatic carbocycles. The van der Waals surface area contributed by atoms with Crippen LogP contribution in [-0.2, 0) is 11.2 Å². The van der Waals surface area contributed by atoms with Gasteiger partial charge in [-0.3, -0.25) is 4.90 Å². The quantitative estimate of drug-likeness (QED) is 0.683. The molecule has 2 aliphatic heterocycles. The van der Waals surface area contributed by atoms with Gasteiger partial charge in [0.2, 0.25) is 0 Å². The molecule has 1 unspecified atom stereocenters. The van der Waals surface area contributed by atoms with Gasteiger partial charge in [-0.25, -0.2) is 9.18 Å². The van der Waals surface area contributed by atoms with E-state index in [1.165, 1.54) is 22.8 Å². The molecular weight excluding hydrogens is 417 g/mol. The predicted molar refractivity (Wildman–Crippen MR) is 128 cm³/mol. The Kier molecular flexibility index (Phi) is 6.36. The summed E-state index contributed by atoms with van der Waals surface area (Å²) < 4.78 is 20.7. The number of fused-ring (bicyclic) bond motifs is 4.